The minimum absolute atomic E-state index is 0.00578. The van der Waals surface area contributed by atoms with Crippen molar-refractivity contribution in [3.8, 4) is 39.9 Å². The van der Waals surface area contributed by atoms with E-state index in [1.807, 2.05) is 0 Å². The molecule has 3 N–H and O–H groups in total. The van der Waals surface area contributed by atoms with E-state index in [-0.39, 0.29) is 34.3 Å². The monoisotopic (exact) mass is 469 g/mol. The summed E-state index contributed by atoms with van der Waals surface area (Å²) < 4.78 is 18.1. The van der Waals surface area contributed by atoms with Crippen LogP contribution in [0.2, 0.25) is 0 Å². The molecule has 0 unspecified atom stereocenters. The highest BCUT2D eigenvalue weighted by Crippen LogP contribution is 2.44. The summed E-state index contributed by atoms with van der Waals surface area (Å²) in [6.07, 6.45) is 1.75. The predicted molar refractivity (Wildman–Crippen MR) is 132 cm³/mol. The summed E-state index contributed by atoms with van der Waals surface area (Å²) in [5.74, 6) is 0.508. The predicted octanol–water partition coefficient (Wildman–Crippen LogP) is 5.15. The zero-order valence-electron chi connectivity index (χ0n) is 18.7. The van der Waals surface area contributed by atoms with E-state index in [2.05, 4.69) is 0 Å². The first kappa shape index (κ1) is 20.7. The van der Waals surface area contributed by atoms with Crippen LogP contribution in [0.5, 0.6) is 28.7 Å². The van der Waals surface area contributed by atoms with E-state index in [1.54, 1.807) is 47.0 Å². The molecule has 3 heterocycles. The van der Waals surface area contributed by atoms with E-state index >= 15 is 0 Å². The molecular formula is C27H19NO7. The van der Waals surface area contributed by atoms with Crippen molar-refractivity contribution >= 4 is 38.2 Å². The molecule has 0 bridgehead atoms. The van der Waals surface area contributed by atoms with Crippen molar-refractivity contribution in [3.63, 3.8) is 0 Å². The second-order valence-corrected chi connectivity index (χ2v) is 8.20. The van der Waals surface area contributed by atoms with Crippen LogP contribution in [0.3, 0.4) is 0 Å². The van der Waals surface area contributed by atoms with Gasteiger partial charge in [0.2, 0.25) is 0 Å². The lowest BCUT2D eigenvalue weighted by Gasteiger charge is -2.11. The van der Waals surface area contributed by atoms with Gasteiger partial charge in [0.15, 0.2) is 23.0 Å². The Morgan fingerprint density at radius 2 is 1.57 bits per heavy atom. The van der Waals surface area contributed by atoms with E-state index in [9.17, 15) is 20.1 Å². The summed E-state index contributed by atoms with van der Waals surface area (Å²) in [5.41, 5.74) is 2.04. The summed E-state index contributed by atoms with van der Waals surface area (Å²) in [4.78, 5) is 13.3. The van der Waals surface area contributed by atoms with Gasteiger partial charge in [-0.25, -0.2) is 4.79 Å². The smallest absolute Gasteiger partial charge is 0.361 e. The Balaban J connectivity index is 1.93. The fourth-order valence-corrected chi connectivity index (χ4v) is 4.78. The molecule has 0 spiro atoms. The molecule has 0 saturated carbocycles. The third-order valence-corrected chi connectivity index (χ3v) is 6.31. The zero-order valence-corrected chi connectivity index (χ0v) is 18.7. The summed E-state index contributed by atoms with van der Waals surface area (Å²) in [5, 5.41) is 33.3. The topological polar surface area (TPSA) is 114 Å². The molecule has 3 aromatic carbocycles. The standard InChI is InChI=1S/C27H19NO7/c1-33-21-10-14(3-6-18(21)30)23-24-16-5-4-15(29)11-20(16)35-27(32)26(24)28-8-7-13-9-19(31)22(34-2)12-17(13)25(23)28/h3-12,29-31H,1-2H3. The average Bonchev–Trinajstić information content (AvgIpc) is 3.20. The van der Waals surface area contributed by atoms with Crippen LogP contribution in [-0.2, 0) is 0 Å². The lowest BCUT2D eigenvalue weighted by atomic mass is 9.98. The number of ether oxygens (including phenoxy) is 2. The van der Waals surface area contributed by atoms with Crippen LogP contribution >= 0.6 is 0 Å². The Kier molecular flexibility index (Phi) is 4.34. The molecule has 0 saturated heterocycles. The van der Waals surface area contributed by atoms with Gasteiger partial charge in [0.1, 0.15) is 16.8 Å². The number of aromatic nitrogens is 1. The van der Waals surface area contributed by atoms with Crippen LogP contribution < -0.4 is 15.1 Å². The summed E-state index contributed by atoms with van der Waals surface area (Å²) in [6, 6.07) is 14.7. The van der Waals surface area contributed by atoms with Crippen LogP contribution in [0.15, 0.2) is 70.0 Å². The second-order valence-electron chi connectivity index (χ2n) is 8.20. The number of benzene rings is 3. The van der Waals surface area contributed by atoms with Crippen LogP contribution in [0, 0.1) is 0 Å². The molecule has 35 heavy (non-hydrogen) atoms. The maximum atomic E-state index is 13.3. The second kappa shape index (κ2) is 7.33. The van der Waals surface area contributed by atoms with Gasteiger partial charge >= 0.3 is 5.63 Å². The van der Waals surface area contributed by atoms with Crippen molar-refractivity contribution in [1.29, 1.82) is 0 Å². The van der Waals surface area contributed by atoms with E-state index in [4.69, 9.17) is 13.9 Å². The van der Waals surface area contributed by atoms with Gasteiger partial charge in [0, 0.05) is 34.0 Å². The SMILES string of the molecule is COc1cc(-c2c3c4ccc(O)cc4oc(=O)c3n3ccc4cc(O)c(OC)cc4c23)ccc1O. The molecule has 0 aliphatic rings. The van der Waals surface area contributed by atoms with Crippen molar-refractivity contribution < 1.29 is 29.2 Å². The van der Waals surface area contributed by atoms with E-state index < -0.39 is 5.63 Å². The number of aromatic hydroxyl groups is 3. The fourth-order valence-electron chi connectivity index (χ4n) is 4.78. The molecule has 6 rings (SSSR count). The highest BCUT2D eigenvalue weighted by molar-refractivity contribution is 6.21. The van der Waals surface area contributed by atoms with Gasteiger partial charge in [-0.05, 0) is 53.4 Å². The highest BCUT2D eigenvalue weighted by atomic mass is 16.5. The number of phenols is 3. The third kappa shape index (κ3) is 2.90. The minimum Gasteiger partial charge on any atom is -0.508 e. The molecule has 8 nitrogen and oxygen atoms in total. The lowest BCUT2D eigenvalue weighted by molar-refractivity contribution is 0.373. The number of fused-ring (bicyclic) bond motifs is 7. The first-order valence-corrected chi connectivity index (χ1v) is 10.7. The van der Waals surface area contributed by atoms with Crippen molar-refractivity contribution in [2.45, 2.75) is 0 Å². The Hall–Kier alpha value is -4.85. The van der Waals surface area contributed by atoms with Crippen molar-refractivity contribution in [3.05, 3.63) is 71.2 Å². The number of methoxy groups -OCH3 is 2. The fraction of sp³-hybridized carbons (Fsp3) is 0.0741. The minimum atomic E-state index is -0.574. The number of hydrogen-bond donors (Lipinski definition) is 3. The van der Waals surface area contributed by atoms with Gasteiger partial charge in [-0.2, -0.15) is 0 Å². The number of rotatable bonds is 3. The first-order chi connectivity index (χ1) is 16.9. The molecule has 0 radical (unpaired) electrons. The maximum absolute atomic E-state index is 13.3. The number of phenolic OH excluding ortho intramolecular Hbond substituents is 3. The van der Waals surface area contributed by atoms with Crippen LogP contribution in [0.1, 0.15) is 0 Å². The first-order valence-electron chi connectivity index (χ1n) is 10.7. The van der Waals surface area contributed by atoms with Gasteiger partial charge < -0.3 is 33.6 Å². The van der Waals surface area contributed by atoms with E-state index in [0.29, 0.717) is 32.9 Å². The molecule has 0 atom stereocenters. The largest absolute Gasteiger partial charge is 0.508 e. The normalized spacial score (nSPS) is 11.6. The van der Waals surface area contributed by atoms with Crippen LogP contribution in [0.4, 0.5) is 0 Å². The average molecular weight is 469 g/mol. The molecule has 3 aromatic heterocycles. The number of hydrogen-bond acceptors (Lipinski definition) is 7. The summed E-state index contributed by atoms with van der Waals surface area (Å²) in [7, 11) is 2.93. The molecule has 0 aliphatic heterocycles. The van der Waals surface area contributed by atoms with Crippen molar-refractivity contribution in [1.82, 2.24) is 4.40 Å². The molecular weight excluding hydrogens is 450 g/mol. The van der Waals surface area contributed by atoms with Crippen LogP contribution in [-0.4, -0.2) is 33.9 Å². The lowest BCUT2D eigenvalue weighted by Crippen LogP contribution is -2.02. The zero-order chi connectivity index (χ0) is 24.4. The van der Waals surface area contributed by atoms with Gasteiger partial charge in [0.05, 0.1) is 19.7 Å². The van der Waals surface area contributed by atoms with Gasteiger partial charge in [-0.3, -0.25) is 0 Å². The van der Waals surface area contributed by atoms with E-state index in [1.165, 1.54) is 32.4 Å². The third-order valence-electron chi connectivity index (χ3n) is 6.31. The van der Waals surface area contributed by atoms with Gasteiger partial charge in [-0.15, -0.1) is 0 Å². The Morgan fingerprint density at radius 3 is 2.34 bits per heavy atom. The maximum Gasteiger partial charge on any atom is 0.361 e. The van der Waals surface area contributed by atoms with Crippen molar-refractivity contribution in [2.75, 3.05) is 14.2 Å². The number of pyridine rings is 1. The molecule has 6 aromatic rings. The summed E-state index contributed by atoms with van der Waals surface area (Å²) >= 11 is 0. The Morgan fingerprint density at radius 1 is 0.800 bits per heavy atom. The Bertz CT molecular complexity index is 1880. The van der Waals surface area contributed by atoms with Gasteiger partial charge in [0.25, 0.3) is 0 Å². The quantitative estimate of drug-likeness (QED) is 0.307. The molecule has 8 heteroatoms. The van der Waals surface area contributed by atoms with Crippen LogP contribution in [0.25, 0.3) is 49.3 Å². The Labute approximate surface area is 197 Å². The van der Waals surface area contributed by atoms with E-state index in [0.717, 1.165) is 10.8 Å². The number of nitrogens with zero attached hydrogens (tertiary/aromatic N) is 1. The molecule has 174 valence electrons. The molecule has 0 fully saturated rings. The molecule has 0 aliphatic carbocycles. The summed E-state index contributed by atoms with van der Waals surface area (Å²) in [6.45, 7) is 0. The van der Waals surface area contributed by atoms with Gasteiger partial charge in [-0.1, -0.05) is 6.07 Å². The highest BCUT2D eigenvalue weighted by Gasteiger charge is 2.23. The van der Waals surface area contributed by atoms with Crippen molar-refractivity contribution in [2.24, 2.45) is 0 Å². The molecule has 0 amide bonds.